The highest BCUT2D eigenvalue weighted by Gasteiger charge is 2.37. The number of carbonyl (C=O) groups is 3. The van der Waals surface area contributed by atoms with E-state index in [2.05, 4.69) is 5.32 Å². The molecule has 0 saturated heterocycles. The maximum Gasteiger partial charge on any atom is 0.266 e. The quantitative estimate of drug-likeness (QED) is 0.611. The first-order valence-corrected chi connectivity index (χ1v) is 8.36. The Morgan fingerprint density at radius 1 is 0.786 bits per heavy atom. The number of fused-ring (bicyclic) bond motifs is 1. The number of aromatic hydroxyl groups is 2. The lowest BCUT2D eigenvalue weighted by Crippen LogP contribution is -2.29. The lowest BCUT2D eigenvalue weighted by atomic mass is 10.1. The Balaban J connectivity index is 1.63. The third-order valence-electron chi connectivity index (χ3n) is 4.36. The Labute approximate surface area is 159 Å². The SMILES string of the molecule is O=C(Nc1cccc(O)c1)c1ccc2c(c1)C(=O)N(c1ccc(O)cc1)C2=O. The normalized spacial score (nSPS) is 12.8. The molecule has 0 aromatic heterocycles. The molecule has 0 radical (unpaired) electrons. The summed E-state index contributed by atoms with van der Waals surface area (Å²) in [4.78, 5) is 38.8. The zero-order chi connectivity index (χ0) is 19.8. The topological polar surface area (TPSA) is 107 Å². The number of benzene rings is 3. The Hall–Kier alpha value is -4.13. The minimum atomic E-state index is -0.544. The molecule has 7 heteroatoms. The summed E-state index contributed by atoms with van der Waals surface area (Å²) in [6, 6.07) is 16.0. The summed E-state index contributed by atoms with van der Waals surface area (Å²) < 4.78 is 0. The molecular weight excluding hydrogens is 360 g/mol. The van der Waals surface area contributed by atoms with Crippen LogP contribution in [-0.2, 0) is 0 Å². The summed E-state index contributed by atoms with van der Waals surface area (Å²) in [5.74, 6) is -1.48. The van der Waals surface area contributed by atoms with Crippen molar-refractivity contribution in [2.75, 3.05) is 10.2 Å². The van der Waals surface area contributed by atoms with Gasteiger partial charge in [0.05, 0.1) is 16.8 Å². The summed E-state index contributed by atoms with van der Waals surface area (Å²) >= 11 is 0. The van der Waals surface area contributed by atoms with E-state index < -0.39 is 17.7 Å². The standard InChI is InChI=1S/C21H14N2O5/c24-15-7-5-14(6-8-15)23-20(27)17-9-4-12(10-18(17)21(23)28)19(26)22-13-2-1-3-16(25)11-13/h1-11,24-25H,(H,22,26). The van der Waals surface area contributed by atoms with Crippen LogP contribution in [0.1, 0.15) is 31.1 Å². The fourth-order valence-electron chi connectivity index (χ4n) is 3.01. The van der Waals surface area contributed by atoms with Crippen molar-refractivity contribution < 1.29 is 24.6 Å². The van der Waals surface area contributed by atoms with Crippen molar-refractivity contribution in [3.05, 3.63) is 83.4 Å². The van der Waals surface area contributed by atoms with Gasteiger partial charge in [0, 0.05) is 17.3 Å². The zero-order valence-corrected chi connectivity index (χ0v) is 14.4. The van der Waals surface area contributed by atoms with Crippen LogP contribution in [0, 0.1) is 0 Å². The van der Waals surface area contributed by atoms with E-state index in [1.165, 1.54) is 54.6 Å². The summed E-state index contributed by atoms with van der Waals surface area (Å²) in [6.07, 6.45) is 0. The maximum atomic E-state index is 12.7. The first kappa shape index (κ1) is 17.3. The van der Waals surface area contributed by atoms with E-state index in [-0.39, 0.29) is 28.2 Å². The van der Waals surface area contributed by atoms with Gasteiger partial charge in [-0.05, 0) is 54.6 Å². The zero-order valence-electron chi connectivity index (χ0n) is 14.4. The van der Waals surface area contributed by atoms with E-state index in [0.717, 1.165) is 4.90 Å². The number of hydrogen-bond donors (Lipinski definition) is 3. The van der Waals surface area contributed by atoms with Crippen molar-refractivity contribution in [1.29, 1.82) is 0 Å². The van der Waals surface area contributed by atoms with Crippen molar-refractivity contribution in [3.63, 3.8) is 0 Å². The fourth-order valence-corrected chi connectivity index (χ4v) is 3.01. The number of hydrogen-bond acceptors (Lipinski definition) is 5. The summed E-state index contributed by atoms with van der Waals surface area (Å²) in [5, 5.41) is 21.5. The minimum Gasteiger partial charge on any atom is -0.508 e. The number of imide groups is 1. The molecular formula is C21H14N2O5. The molecule has 3 aromatic rings. The molecule has 7 nitrogen and oxygen atoms in total. The highest BCUT2D eigenvalue weighted by Crippen LogP contribution is 2.30. The van der Waals surface area contributed by atoms with Gasteiger partial charge < -0.3 is 15.5 Å². The first-order chi connectivity index (χ1) is 13.4. The van der Waals surface area contributed by atoms with Gasteiger partial charge in [0.15, 0.2) is 0 Å². The number of anilines is 2. The van der Waals surface area contributed by atoms with Crippen LogP contribution in [0.2, 0.25) is 0 Å². The monoisotopic (exact) mass is 374 g/mol. The van der Waals surface area contributed by atoms with E-state index in [9.17, 15) is 24.6 Å². The molecule has 1 aliphatic rings. The van der Waals surface area contributed by atoms with E-state index in [4.69, 9.17) is 0 Å². The lowest BCUT2D eigenvalue weighted by molar-refractivity contribution is 0.0925. The Morgan fingerprint density at radius 2 is 1.50 bits per heavy atom. The number of phenols is 2. The van der Waals surface area contributed by atoms with Crippen molar-refractivity contribution in [1.82, 2.24) is 0 Å². The second-order valence-corrected chi connectivity index (χ2v) is 6.23. The molecule has 28 heavy (non-hydrogen) atoms. The molecule has 3 N–H and O–H groups in total. The van der Waals surface area contributed by atoms with Crippen LogP contribution < -0.4 is 10.2 Å². The summed E-state index contributed by atoms with van der Waals surface area (Å²) in [7, 11) is 0. The lowest BCUT2D eigenvalue weighted by Gasteiger charge is -2.13. The molecule has 1 heterocycles. The van der Waals surface area contributed by atoms with E-state index in [0.29, 0.717) is 11.4 Å². The predicted molar refractivity (Wildman–Crippen MR) is 102 cm³/mol. The van der Waals surface area contributed by atoms with Gasteiger partial charge in [0.1, 0.15) is 11.5 Å². The third-order valence-corrected chi connectivity index (χ3v) is 4.36. The van der Waals surface area contributed by atoms with Gasteiger partial charge in [-0.15, -0.1) is 0 Å². The Bertz CT molecular complexity index is 1120. The number of carbonyl (C=O) groups excluding carboxylic acids is 3. The van der Waals surface area contributed by atoms with Crippen molar-refractivity contribution in [3.8, 4) is 11.5 Å². The van der Waals surface area contributed by atoms with Gasteiger partial charge in [-0.2, -0.15) is 0 Å². The van der Waals surface area contributed by atoms with Crippen molar-refractivity contribution in [2.24, 2.45) is 0 Å². The molecule has 4 rings (SSSR count). The third kappa shape index (κ3) is 2.95. The predicted octanol–water partition coefficient (Wildman–Crippen LogP) is 3.15. The summed E-state index contributed by atoms with van der Waals surface area (Å²) in [6.45, 7) is 0. The van der Waals surface area contributed by atoms with Crippen LogP contribution >= 0.6 is 0 Å². The van der Waals surface area contributed by atoms with E-state index >= 15 is 0 Å². The molecule has 3 amide bonds. The van der Waals surface area contributed by atoms with Crippen LogP contribution in [0.25, 0.3) is 0 Å². The first-order valence-electron chi connectivity index (χ1n) is 8.36. The molecule has 0 saturated carbocycles. The molecule has 0 unspecified atom stereocenters. The molecule has 0 aliphatic carbocycles. The van der Waals surface area contributed by atoms with Crippen LogP contribution in [0.4, 0.5) is 11.4 Å². The van der Waals surface area contributed by atoms with Gasteiger partial charge in [-0.3, -0.25) is 14.4 Å². The van der Waals surface area contributed by atoms with Crippen LogP contribution in [0.5, 0.6) is 11.5 Å². The Kier molecular flexibility index (Phi) is 4.04. The molecule has 0 spiro atoms. The molecule has 3 aromatic carbocycles. The molecule has 138 valence electrons. The van der Waals surface area contributed by atoms with Gasteiger partial charge in [0.2, 0.25) is 0 Å². The van der Waals surface area contributed by atoms with E-state index in [1.807, 2.05) is 0 Å². The fraction of sp³-hybridized carbons (Fsp3) is 0. The number of amides is 3. The highest BCUT2D eigenvalue weighted by molar-refractivity contribution is 6.34. The number of nitrogens with zero attached hydrogens (tertiary/aromatic N) is 1. The van der Waals surface area contributed by atoms with Gasteiger partial charge in [-0.25, -0.2) is 4.90 Å². The second-order valence-electron chi connectivity index (χ2n) is 6.23. The largest absolute Gasteiger partial charge is 0.508 e. The van der Waals surface area contributed by atoms with Crippen LogP contribution in [0.15, 0.2) is 66.7 Å². The smallest absolute Gasteiger partial charge is 0.266 e. The minimum absolute atomic E-state index is 0.0112. The van der Waals surface area contributed by atoms with E-state index in [1.54, 1.807) is 12.1 Å². The summed E-state index contributed by atoms with van der Waals surface area (Å²) in [5.41, 5.74) is 1.26. The number of rotatable bonds is 3. The number of nitrogens with one attached hydrogen (secondary N) is 1. The van der Waals surface area contributed by atoms with Gasteiger partial charge >= 0.3 is 0 Å². The van der Waals surface area contributed by atoms with Crippen molar-refractivity contribution >= 4 is 29.1 Å². The van der Waals surface area contributed by atoms with Crippen molar-refractivity contribution in [2.45, 2.75) is 0 Å². The maximum absolute atomic E-state index is 12.7. The van der Waals surface area contributed by atoms with Crippen LogP contribution in [0.3, 0.4) is 0 Å². The molecule has 1 aliphatic heterocycles. The van der Waals surface area contributed by atoms with Crippen LogP contribution in [-0.4, -0.2) is 27.9 Å². The molecule has 0 atom stereocenters. The molecule has 0 fully saturated rings. The Morgan fingerprint density at radius 3 is 2.21 bits per heavy atom. The number of phenolic OH excluding ortho intramolecular Hbond substituents is 2. The second kappa shape index (κ2) is 6.55. The highest BCUT2D eigenvalue weighted by atomic mass is 16.3. The van der Waals surface area contributed by atoms with Gasteiger partial charge in [-0.1, -0.05) is 6.07 Å². The average molecular weight is 374 g/mol. The molecule has 0 bridgehead atoms. The van der Waals surface area contributed by atoms with Gasteiger partial charge in [0.25, 0.3) is 17.7 Å². The average Bonchev–Trinajstić information content (AvgIpc) is 2.93.